The van der Waals surface area contributed by atoms with Gasteiger partial charge in [-0.25, -0.2) is 4.79 Å². The van der Waals surface area contributed by atoms with Crippen LogP contribution in [0.1, 0.15) is 64.2 Å². The normalized spacial score (nSPS) is 20.9. The first-order valence-electron chi connectivity index (χ1n) is 8.24. The molecule has 110 valence electrons. The van der Waals surface area contributed by atoms with E-state index in [0.29, 0.717) is 0 Å². The molecule has 0 aliphatic heterocycles. The summed E-state index contributed by atoms with van der Waals surface area (Å²) in [7, 11) is 1.94. The maximum absolute atomic E-state index is 11.9. The molecule has 2 rings (SSSR count). The minimum absolute atomic E-state index is 0.123. The van der Waals surface area contributed by atoms with Crippen molar-refractivity contribution in [2.24, 2.45) is 11.8 Å². The van der Waals surface area contributed by atoms with Crippen molar-refractivity contribution in [2.75, 3.05) is 20.1 Å². The first-order chi connectivity index (χ1) is 9.25. The first kappa shape index (κ1) is 14.7. The van der Waals surface area contributed by atoms with Gasteiger partial charge < -0.3 is 10.2 Å². The Hall–Kier alpha value is -0.730. The van der Waals surface area contributed by atoms with Gasteiger partial charge in [0.25, 0.3) is 0 Å². The Morgan fingerprint density at radius 1 is 1.05 bits per heavy atom. The fourth-order valence-electron chi connectivity index (χ4n) is 3.68. The molecule has 0 heterocycles. The Morgan fingerprint density at radius 3 is 2.26 bits per heavy atom. The molecule has 2 aliphatic carbocycles. The predicted molar refractivity (Wildman–Crippen MR) is 79.2 cm³/mol. The van der Waals surface area contributed by atoms with Crippen LogP contribution >= 0.6 is 0 Å². The number of nitrogens with one attached hydrogen (secondary N) is 1. The van der Waals surface area contributed by atoms with Crippen molar-refractivity contribution in [1.82, 2.24) is 10.2 Å². The fourth-order valence-corrected chi connectivity index (χ4v) is 3.68. The van der Waals surface area contributed by atoms with Crippen LogP contribution in [0.2, 0.25) is 0 Å². The highest BCUT2D eigenvalue weighted by Crippen LogP contribution is 2.28. The summed E-state index contributed by atoms with van der Waals surface area (Å²) >= 11 is 0. The van der Waals surface area contributed by atoms with Gasteiger partial charge in [-0.15, -0.1) is 0 Å². The zero-order chi connectivity index (χ0) is 13.5. The van der Waals surface area contributed by atoms with Gasteiger partial charge in [-0.1, -0.05) is 38.5 Å². The number of amides is 2. The Morgan fingerprint density at radius 2 is 1.63 bits per heavy atom. The topological polar surface area (TPSA) is 32.3 Å². The third-order valence-corrected chi connectivity index (χ3v) is 4.89. The number of urea groups is 1. The van der Waals surface area contributed by atoms with E-state index < -0.39 is 0 Å². The molecule has 19 heavy (non-hydrogen) atoms. The van der Waals surface area contributed by atoms with E-state index in [0.717, 1.165) is 31.3 Å². The largest absolute Gasteiger partial charge is 0.338 e. The van der Waals surface area contributed by atoms with Crippen LogP contribution in [0.3, 0.4) is 0 Å². The van der Waals surface area contributed by atoms with Crippen LogP contribution in [0.5, 0.6) is 0 Å². The summed E-state index contributed by atoms with van der Waals surface area (Å²) in [6.45, 7) is 1.79. The molecular weight excluding hydrogens is 236 g/mol. The van der Waals surface area contributed by atoms with Crippen molar-refractivity contribution < 1.29 is 4.79 Å². The monoisotopic (exact) mass is 266 g/mol. The van der Waals surface area contributed by atoms with Gasteiger partial charge in [0.05, 0.1) is 0 Å². The van der Waals surface area contributed by atoms with Crippen molar-refractivity contribution >= 4 is 6.03 Å². The average Bonchev–Trinajstić information content (AvgIpc) is 3.07. The van der Waals surface area contributed by atoms with E-state index in [-0.39, 0.29) is 6.03 Å². The van der Waals surface area contributed by atoms with E-state index in [9.17, 15) is 4.79 Å². The van der Waals surface area contributed by atoms with Crippen molar-refractivity contribution in [3.63, 3.8) is 0 Å². The summed E-state index contributed by atoms with van der Waals surface area (Å²) in [4.78, 5) is 13.8. The fraction of sp³-hybridized carbons (Fsp3) is 0.938. The van der Waals surface area contributed by atoms with Gasteiger partial charge in [0.2, 0.25) is 0 Å². The van der Waals surface area contributed by atoms with Crippen LogP contribution in [-0.2, 0) is 0 Å². The molecule has 2 aliphatic rings. The molecule has 0 saturated heterocycles. The van der Waals surface area contributed by atoms with Crippen LogP contribution in [0.15, 0.2) is 0 Å². The minimum atomic E-state index is 0.123. The molecule has 2 amide bonds. The van der Waals surface area contributed by atoms with Crippen LogP contribution in [0.25, 0.3) is 0 Å². The molecule has 2 saturated carbocycles. The minimum Gasteiger partial charge on any atom is -0.338 e. The number of hydrogen-bond acceptors (Lipinski definition) is 1. The smallest absolute Gasteiger partial charge is 0.317 e. The number of hydrogen-bond donors (Lipinski definition) is 1. The van der Waals surface area contributed by atoms with Gasteiger partial charge in [0.15, 0.2) is 0 Å². The third-order valence-electron chi connectivity index (χ3n) is 4.89. The van der Waals surface area contributed by atoms with Gasteiger partial charge in [-0.05, 0) is 37.5 Å². The highest BCUT2D eigenvalue weighted by Gasteiger charge is 2.19. The maximum atomic E-state index is 11.9. The second-order valence-electron chi connectivity index (χ2n) is 6.56. The zero-order valence-electron chi connectivity index (χ0n) is 12.5. The summed E-state index contributed by atoms with van der Waals surface area (Å²) in [6, 6.07) is 0.123. The van der Waals surface area contributed by atoms with Crippen LogP contribution in [-0.4, -0.2) is 31.1 Å². The van der Waals surface area contributed by atoms with Crippen molar-refractivity contribution in [1.29, 1.82) is 0 Å². The number of carbonyl (C=O) groups is 1. The van der Waals surface area contributed by atoms with Gasteiger partial charge in [-0.2, -0.15) is 0 Å². The summed E-state index contributed by atoms with van der Waals surface area (Å²) < 4.78 is 0. The molecule has 0 aromatic heterocycles. The lowest BCUT2D eigenvalue weighted by atomic mass is 10.0. The number of nitrogens with zero attached hydrogens (tertiary/aromatic N) is 1. The predicted octanol–water partition coefficient (Wildman–Crippen LogP) is 3.79. The SMILES string of the molecule is CN(CC1CCCC1)C(=O)NCCCC1CCCC1. The molecule has 0 radical (unpaired) electrons. The Bertz CT molecular complexity index is 268. The lowest BCUT2D eigenvalue weighted by Gasteiger charge is -2.21. The standard InChI is InChI=1S/C16H30N2O/c1-18(13-15-9-4-5-10-15)16(19)17-12-6-11-14-7-2-3-8-14/h14-15H,2-13H2,1H3,(H,17,19). The first-order valence-corrected chi connectivity index (χ1v) is 8.24. The molecule has 3 heteroatoms. The zero-order valence-corrected chi connectivity index (χ0v) is 12.5. The second-order valence-corrected chi connectivity index (χ2v) is 6.56. The Balaban J connectivity index is 1.52. The average molecular weight is 266 g/mol. The highest BCUT2D eigenvalue weighted by molar-refractivity contribution is 5.73. The lowest BCUT2D eigenvalue weighted by molar-refractivity contribution is 0.200. The van der Waals surface area contributed by atoms with Crippen molar-refractivity contribution in [3.8, 4) is 0 Å². The van der Waals surface area contributed by atoms with Crippen LogP contribution in [0.4, 0.5) is 4.79 Å². The molecule has 1 N–H and O–H groups in total. The molecule has 0 spiro atoms. The van der Waals surface area contributed by atoms with Gasteiger partial charge in [-0.3, -0.25) is 0 Å². The maximum Gasteiger partial charge on any atom is 0.317 e. The van der Waals surface area contributed by atoms with Crippen molar-refractivity contribution in [3.05, 3.63) is 0 Å². The number of carbonyl (C=O) groups excluding carboxylic acids is 1. The molecule has 0 unspecified atom stereocenters. The second kappa shape index (κ2) is 7.76. The van der Waals surface area contributed by atoms with E-state index >= 15 is 0 Å². The Kier molecular flexibility index (Phi) is 5.99. The van der Waals surface area contributed by atoms with Gasteiger partial charge in [0, 0.05) is 20.1 Å². The van der Waals surface area contributed by atoms with E-state index in [1.54, 1.807) is 0 Å². The quantitative estimate of drug-likeness (QED) is 0.729. The number of rotatable bonds is 6. The summed E-state index contributed by atoms with van der Waals surface area (Å²) in [5.74, 6) is 1.68. The molecule has 0 bridgehead atoms. The van der Waals surface area contributed by atoms with E-state index in [1.807, 2.05) is 11.9 Å². The van der Waals surface area contributed by atoms with E-state index in [2.05, 4.69) is 5.32 Å². The molecule has 3 nitrogen and oxygen atoms in total. The molecule has 0 aromatic rings. The lowest BCUT2D eigenvalue weighted by Crippen LogP contribution is -2.40. The van der Waals surface area contributed by atoms with Gasteiger partial charge >= 0.3 is 6.03 Å². The molecule has 0 atom stereocenters. The summed E-state index contributed by atoms with van der Waals surface area (Å²) in [6.07, 6.45) is 13.4. The molecule has 2 fully saturated rings. The van der Waals surface area contributed by atoms with Gasteiger partial charge in [0.1, 0.15) is 0 Å². The van der Waals surface area contributed by atoms with Crippen LogP contribution < -0.4 is 5.32 Å². The molecular formula is C16H30N2O. The third kappa shape index (κ3) is 5.04. The summed E-state index contributed by atoms with van der Waals surface area (Å²) in [5, 5.41) is 3.07. The van der Waals surface area contributed by atoms with E-state index in [4.69, 9.17) is 0 Å². The highest BCUT2D eigenvalue weighted by atomic mass is 16.2. The van der Waals surface area contributed by atoms with E-state index in [1.165, 1.54) is 57.8 Å². The van der Waals surface area contributed by atoms with Crippen molar-refractivity contribution in [2.45, 2.75) is 64.2 Å². The summed E-state index contributed by atoms with van der Waals surface area (Å²) in [5.41, 5.74) is 0. The molecule has 0 aromatic carbocycles. The Labute approximate surface area is 118 Å². The van der Waals surface area contributed by atoms with Crippen LogP contribution in [0, 0.1) is 11.8 Å².